The van der Waals surface area contributed by atoms with Crippen LogP contribution in [0.25, 0.3) is 0 Å². The summed E-state index contributed by atoms with van der Waals surface area (Å²) in [5.74, 6) is 2.01. The Labute approximate surface area is 119 Å². The van der Waals surface area contributed by atoms with Crippen molar-refractivity contribution in [3.63, 3.8) is 0 Å². The molecule has 2 aliphatic rings. The zero-order chi connectivity index (χ0) is 12.6. The van der Waals surface area contributed by atoms with Gasteiger partial charge in [0.15, 0.2) is 0 Å². The molecule has 1 aromatic rings. The van der Waals surface area contributed by atoms with Gasteiger partial charge in [0.05, 0.1) is 0 Å². The van der Waals surface area contributed by atoms with Gasteiger partial charge in [0.25, 0.3) is 0 Å². The van der Waals surface area contributed by atoms with Crippen LogP contribution < -0.4 is 0 Å². The van der Waals surface area contributed by atoms with Gasteiger partial charge in [-0.2, -0.15) is 0 Å². The van der Waals surface area contributed by atoms with Crippen molar-refractivity contribution in [1.82, 2.24) is 0 Å². The third-order valence-electron chi connectivity index (χ3n) is 5.36. The van der Waals surface area contributed by atoms with Gasteiger partial charge in [0.2, 0.25) is 0 Å². The summed E-state index contributed by atoms with van der Waals surface area (Å²) in [4.78, 5) is 0. The van der Waals surface area contributed by atoms with Gasteiger partial charge in [0.1, 0.15) is 0 Å². The number of fused-ring (bicyclic) bond motifs is 2. The van der Waals surface area contributed by atoms with E-state index in [9.17, 15) is 0 Å². The highest BCUT2D eigenvalue weighted by molar-refractivity contribution is 9.09. The van der Waals surface area contributed by atoms with Crippen molar-refractivity contribution in [2.75, 3.05) is 5.33 Å². The van der Waals surface area contributed by atoms with Crippen LogP contribution in [0.15, 0.2) is 24.3 Å². The molecule has 0 spiro atoms. The van der Waals surface area contributed by atoms with Crippen LogP contribution >= 0.6 is 15.9 Å². The molecule has 3 rings (SSSR count). The van der Waals surface area contributed by atoms with Crippen molar-refractivity contribution in [2.24, 2.45) is 17.3 Å². The second-order valence-corrected chi connectivity index (χ2v) is 6.98. The van der Waals surface area contributed by atoms with E-state index in [0.717, 1.165) is 18.3 Å². The topological polar surface area (TPSA) is 0 Å². The Morgan fingerprint density at radius 2 is 1.89 bits per heavy atom. The summed E-state index contributed by atoms with van der Waals surface area (Å²) in [5, 5.41) is 1.19. The molecule has 2 fully saturated rings. The molecule has 0 heterocycles. The van der Waals surface area contributed by atoms with Crippen LogP contribution in [0.5, 0.6) is 0 Å². The van der Waals surface area contributed by atoms with E-state index >= 15 is 0 Å². The van der Waals surface area contributed by atoms with E-state index in [1.165, 1.54) is 43.0 Å². The Hall–Kier alpha value is -0.300. The molecule has 0 nitrogen and oxygen atoms in total. The molecule has 1 heteroatoms. The van der Waals surface area contributed by atoms with Crippen LogP contribution in [0.1, 0.15) is 43.7 Å². The summed E-state index contributed by atoms with van der Waals surface area (Å²) in [6.07, 6.45) is 8.35. The Kier molecular flexibility index (Phi) is 3.53. The lowest BCUT2D eigenvalue weighted by molar-refractivity contribution is 0.197. The number of halogens is 1. The Bertz CT molecular complexity index is 408. The highest BCUT2D eigenvalue weighted by atomic mass is 79.9. The van der Waals surface area contributed by atoms with E-state index in [0.29, 0.717) is 5.41 Å². The van der Waals surface area contributed by atoms with Gasteiger partial charge < -0.3 is 0 Å². The first-order valence-electron chi connectivity index (χ1n) is 7.39. The van der Waals surface area contributed by atoms with Gasteiger partial charge in [-0.3, -0.25) is 0 Å². The lowest BCUT2D eigenvalue weighted by Gasteiger charge is -2.36. The quantitative estimate of drug-likeness (QED) is 0.687. The Morgan fingerprint density at radius 3 is 2.39 bits per heavy atom. The molecule has 0 saturated heterocycles. The summed E-state index contributed by atoms with van der Waals surface area (Å²) in [7, 11) is 0. The molecule has 2 bridgehead atoms. The zero-order valence-electron chi connectivity index (χ0n) is 11.3. The number of rotatable bonds is 4. The number of hydrogen-bond acceptors (Lipinski definition) is 0. The molecule has 0 N–H and O–H groups in total. The van der Waals surface area contributed by atoms with Crippen LogP contribution in [-0.2, 0) is 12.8 Å². The Balaban J connectivity index is 1.77. The minimum atomic E-state index is 0.566. The monoisotopic (exact) mass is 306 g/mol. The van der Waals surface area contributed by atoms with Crippen molar-refractivity contribution in [2.45, 2.75) is 45.4 Å². The molecule has 2 aliphatic carbocycles. The SMILES string of the molecule is CCc1ccc(CC2(CBr)CC3CCC2C3)cc1. The van der Waals surface area contributed by atoms with E-state index in [1.54, 1.807) is 5.56 Å². The summed E-state index contributed by atoms with van der Waals surface area (Å²) in [6.45, 7) is 2.23. The van der Waals surface area contributed by atoms with Gasteiger partial charge in [-0.05, 0) is 60.5 Å². The molecule has 0 aliphatic heterocycles. The highest BCUT2D eigenvalue weighted by Crippen LogP contribution is 2.57. The number of benzene rings is 1. The normalized spacial score (nSPS) is 34.1. The lowest BCUT2D eigenvalue weighted by Crippen LogP contribution is -2.32. The maximum Gasteiger partial charge on any atom is 0.00939 e. The molecule has 0 radical (unpaired) electrons. The van der Waals surface area contributed by atoms with E-state index in [2.05, 4.69) is 47.1 Å². The average Bonchev–Trinajstić information content (AvgIpc) is 3.00. The standard InChI is InChI=1S/C17H23Br/c1-2-13-3-5-14(6-4-13)10-17(12-18)11-15-7-8-16(17)9-15/h3-6,15-16H,2,7-12H2,1H3. The van der Waals surface area contributed by atoms with E-state index < -0.39 is 0 Å². The van der Waals surface area contributed by atoms with Crippen molar-refractivity contribution < 1.29 is 0 Å². The second-order valence-electron chi connectivity index (χ2n) is 6.42. The van der Waals surface area contributed by atoms with Crippen LogP contribution in [0.2, 0.25) is 0 Å². The van der Waals surface area contributed by atoms with E-state index in [-0.39, 0.29) is 0 Å². The average molecular weight is 307 g/mol. The van der Waals surface area contributed by atoms with Crippen molar-refractivity contribution in [3.8, 4) is 0 Å². The summed E-state index contributed by atoms with van der Waals surface area (Å²) in [5.41, 5.74) is 3.56. The summed E-state index contributed by atoms with van der Waals surface area (Å²) in [6, 6.07) is 9.33. The Morgan fingerprint density at radius 1 is 1.17 bits per heavy atom. The smallest absolute Gasteiger partial charge is 0.00939 e. The number of alkyl halides is 1. The highest BCUT2D eigenvalue weighted by Gasteiger charge is 2.49. The van der Waals surface area contributed by atoms with Crippen LogP contribution in [0.3, 0.4) is 0 Å². The second kappa shape index (κ2) is 5.00. The molecular weight excluding hydrogens is 284 g/mol. The molecule has 18 heavy (non-hydrogen) atoms. The van der Waals surface area contributed by atoms with Crippen molar-refractivity contribution in [3.05, 3.63) is 35.4 Å². The predicted octanol–water partition coefficient (Wildman–Crippen LogP) is 4.99. The first-order valence-corrected chi connectivity index (χ1v) is 8.51. The van der Waals surface area contributed by atoms with Crippen LogP contribution in [0.4, 0.5) is 0 Å². The largest absolute Gasteiger partial charge is 0.0922 e. The molecule has 0 amide bonds. The maximum absolute atomic E-state index is 3.82. The molecule has 1 aromatic carbocycles. The molecule has 2 saturated carbocycles. The summed E-state index contributed by atoms with van der Waals surface area (Å²) < 4.78 is 0. The zero-order valence-corrected chi connectivity index (χ0v) is 12.9. The van der Waals surface area contributed by atoms with Crippen molar-refractivity contribution in [1.29, 1.82) is 0 Å². The maximum atomic E-state index is 3.82. The van der Waals surface area contributed by atoms with Gasteiger partial charge in [0, 0.05) is 5.33 Å². The van der Waals surface area contributed by atoms with Gasteiger partial charge in [-0.1, -0.05) is 53.5 Å². The molecule has 3 unspecified atom stereocenters. The molecular formula is C17H23Br. The fraction of sp³-hybridized carbons (Fsp3) is 0.647. The number of aryl methyl sites for hydroxylation is 1. The van der Waals surface area contributed by atoms with E-state index in [1.807, 2.05) is 0 Å². The molecule has 98 valence electrons. The van der Waals surface area contributed by atoms with Gasteiger partial charge in [-0.25, -0.2) is 0 Å². The summed E-state index contributed by atoms with van der Waals surface area (Å²) >= 11 is 3.82. The first-order chi connectivity index (χ1) is 8.75. The van der Waals surface area contributed by atoms with Crippen molar-refractivity contribution >= 4 is 15.9 Å². The van der Waals surface area contributed by atoms with Gasteiger partial charge in [-0.15, -0.1) is 0 Å². The lowest BCUT2D eigenvalue weighted by atomic mass is 9.71. The third kappa shape index (κ3) is 2.15. The minimum Gasteiger partial charge on any atom is -0.0922 e. The first kappa shape index (κ1) is 12.7. The minimum absolute atomic E-state index is 0.566. The predicted molar refractivity (Wildman–Crippen MR) is 81.2 cm³/mol. The van der Waals surface area contributed by atoms with Gasteiger partial charge >= 0.3 is 0 Å². The van der Waals surface area contributed by atoms with E-state index in [4.69, 9.17) is 0 Å². The number of hydrogen-bond donors (Lipinski definition) is 0. The fourth-order valence-electron chi connectivity index (χ4n) is 4.28. The molecule has 3 atom stereocenters. The molecule has 0 aromatic heterocycles. The van der Waals surface area contributed by atoms with Crippen LogP contribution in [0, 0.1) is 17.3 Å². The fourth-order valence-corrected chi connectivity index (χ4v) is 5.17. The van der Waals surface area contributed by atoms with Crippen LogP contribution in [-0.4, -0.2) is 5.33 Å². The third-order valence-corrected chi connectivity index (χ3v) is 6.47.